The van der Waals surface area contributed by atoms with E-state index in [9.17, 15) is 4.79 Å². The molecule has 98 valence electrons. The molecule has 0 aliphatic carbocycles. The van der Waals surface area contributed by atoms with Gasteiger partial charge in [-0.15, -0.1) is 0 Å². The van der Waals surface area contributed by atoms with Gasteiger partial charge in [0.1, 0.15) is 6.04 Å². The largest absolute Gasteiger partial charge is 0.465 e. The number of hydrogen-bond acceptors (Lipinski definition) is 4. The molecule has 1 aromatic rings. The molecule has 4 heteroatoms. The van der Waals surface area contributed by atoms with Crippen LogP contribution in [0.4, 0.5) is 0 Å². The summed E-state index contributed by atoms with van der Waals surface area (Å²) in [7, 11) is 0. The van der Waals surface area contributed by atoms with Crippen LogP contribution in [0.3, 0.4) is 0 Å². The second kappa shape index (κ2) is 6.50. The molecule has 0 N–H and O–H groups in total. The zero-order chi connectivity index (χ0) is 12.8. The van der Waals surface area contributed by atoms with Crippen molar-refractivity contribution in [3.63, 3.8) is 0 Å². The molecule has 4 nitrogen and oxygen atoms in total. The van der Waals surface area contributed by atoms with Gasteiger partial charge >= 0.3 is 5.97 Å². The lowest BCUT2D eigenvalue weighted by molar-refractivity contribution is -0.148. The van der Waals surface area contributed by atoms with Gasteiger partial charge in [0.05, 0.1) is 6.61 Å². The Morgan fingerprint density at radius 3 is 3.22 bits per heavy atom. The van der Waals surface area contributed by atoms with Crippen LogP contribution in [0.1, 0.15) is 25.3 Å². The zero-order valence-electron chi connectivity index (χ0n) is 10.8. The van der Waals surface area contributed by atoms with Crippen LogP contribution in [0, 0.1) is 0 Å². The van der Waals surface area contributed by atoms with Crippen molar-refractivity contribution in [2.45, 2.75) is 32.2 Å². The van der Waals surface area contributed by atoms with Gasteiger partial charge in [-0.25, -0.2) is 0 Å². The normalized spacial score (nSPS) is 19.9. The maximum absolute atomic E-state index is 11.8. The Hall–Kier alpha value is -1.42. The van der Waals surface area contributed by atoms with Crippen molar-refractivity contribution in [2.75, 3.05) is 19.7 Å². The number of carbonyl (C=O) groups is 1. The van der Waals surface area contributed by atoms with Gasteiger partial charge in [-0.05, 0) is 44.4 Å². The smallest absolute Gasteiger partial charge is 0.323 e. The van der Waals surface area contributed by atoms with Crippen LogP contribution < -0.4 is 0 Å². The van der Waals surface area contributed by atoms with E-state index >= 15 is 0 Å². The van der Waals surface area contributed by atoms with Crippen LogP contribution in [-0.2, 0) is 16.0 Å². The number of ether oxygens (including phenoxy) is 1. The zero-order valence-corrected chi connectivity index (χ0v) is 10.8. The first-order valence-corrected chi connectivity index (χ1v) is 6.61. The molecule has 0 aromatic carbocycles. The number of carbonyl (C=O) groups excluding carboxylic acids is 1. The first-order chi connectivity index (χ1) is 8.81. The Bertz CT molecular complexity index is 381. The summed E-state index contributed by atoms with van der Waals surface area (Å²) in [4.78, 5) is 18.1. The quantitative estimate of drug-likeness (QED) is 0.743. The van der Waals surface area contributed by atoms with Crippen LogP contribution in [0.25, 0.3) is 0 Å². The Labute approximate surface area is 108 Å². The van der Waals surface area contributed by atoms with Crippen molar-refractivity contribution in [2.24, 2.45) is 0 Å². The molecule has 1 saturated heterocycles. The van der Waals surface area contributed by atoms with E-state index in [4.69, 9.17) is 4.74 Å². The van der Waals surface area contributed by atoms with Gasteiger partial charge in [0.15, 0.2) is 0 Å². The maximum Gasteiger partial charge on any atom is 0.323 e. The molecule has 1 atom stereocenters. The number of pyridine rings is 1. The average Bonchev–Trinajstić information content (AvgIpc) is 2.86. The van der Waals surface area contributed by atoms with Crippen LogP contribution in [0.2, 0.25) is 0 Å². The van der Waals surface area contributed by atoms with Gasteiger partial charge in [-0.3, -0.25) is 14.7 Å². The van der Waals surface area contributed by atoms with E-state index in [-0.39, 0.29) is 12.0 Å². The first kappa shape index (κ1) is 13.0. The maximum atomic E-state index is 11.8. The van der Waals surface area contributed by atoms with Crippen LogP contribution in [-0.4, -0.2) is 41.6 Å². The molecule has 2 heterocycles. The minimum Gasteiger partial charge on any atom is -0.465 e. The van der Waals surface area contributed by atoms with E-state index in [0.29, 0.717) is 6.61 Å². The Kier molecular flexibility index (Phi) is 4.70. The van der Waals surface area contributed by atoms with Gasteiger partial charge in [-0.2, -0.15) is 0 Å². The summed E-state index contributed by atoms with van der Waals surface area (Å²) in [5.74, 6) is -0.0683. The molecule has 0 bridgehead atoms. The number of rotatable bonds is 5. The third kappa shape index (κ3) is 3.29. The highest BCUT2D eigenvalue weighted by Crippen LogP contribution is 2.18. The van der Waals surface area contributed by atoms with Crippen molar-refractivity contribution >= 4 is 5.97 Å². The Balaban J connectivity index is 1.86. The molecule has 0 amide bonds. The van der Waals surface area contributed by atoms with E-state index in [2.05, 4.69) is 16.0 Å². The van der Waals surface area contributed by atoms with Crippen LogP contribution in [0.5, 0.6) is 0 Å². The summed E-state index contributed by atoms with van der Waals surface area (Å²) < 4.78 is 5.12. The number of likely N-dealkylation sites (tertiary alicyclic amines) is 1. The predicted octanol–water partition coefficient (Wildman–Crippen LogP) is 1.65. The minimum atomic E-state index is -0.0683. The molecule has 1 unspecified atom stereocenters. The van der Waals surface area contributed by atoms with E-state index in [0.717, 1.165) is 32.4 Å². The van der Waals surface area contributed by atoms with E-state index in [1.54, 1.807) is 6.20 Å². The summed E-state index contributed by atoms with van der Waals surface area (Å²) in [5.41, 5.74) is 1.21. The molecule has 1 aliphatic rings. The van der Waals surface area contributed by atoms with Crippen molar-refractivity contribution < 1.29 is 9.53 Å². The summed E-state index contributed by atoms with van der Waals surface area (Å²) in [6, 6.07) is 3.98. The Morgan fingerprint density at radius 1 is 1.61 bits per heavy atom. The van der Waals surface area contributed by atoms with Gasteiger partial charge in [-0.1, -0.05) is 6.07 Å². The number of hydrogen-bond donors (Lipinski definition) is 0. The fraction of sp³-hybridized carbons (Fsp3) is 0.571. The summed E-state index contributed by atoms with van der Waals surface area (Å²) in [6.45, 7) is 4.21. The van der Waals surface area contributed by atoms with E-state index in [1.165, 1.54) is 5.56 Å². The van der Waals surface area contributed by atoms with Gasteiger partial charge in [0, 0.05) is 18.9 Å². The Morgan fingerprint density at radius 2 is 2.50 bits per heavy atom. The summed E-state index contributed by atoms with van der Waals surface area (Å²) in [6.07, 6.45) is 6.60. The van der Waals surface area contributed by atoms with Crippen molar-refractivity contribution in [1.29, 1.82) is 0 Å². The highest BCUT2D eigenvalue weighted by Gasteiger charge is 2.31. The minimum absolute atomic E-state index is 0.0402. The van der Waals surface area contributed by atoms with Crippen LogP contribution >= 0.6 is 0 Å². The van der Waals surface area contributed by atoms with E-state index in [1.807, 2.05) is 19.2 Å². The first-order valence-electron chi connectivity index (χ1n) is 6.61. The van der Waals surface area contributed by atoms with E-state index < -0.39 is 0 Å². The molecule has 1 aliphatic heterocycles. The van der Waals surface area contributed by atoms with Gasteiger partial charge in [0.2, 0.25) is 0 Å². The van der Waals surface area contributed by atoms with Crippen molar-refractivity contribution in [3.05, 3.63) is 30.1 Å². The monoisotopic (exact) mass is 248 g/mol. The molecule has 1 fully saturated rings. The highest BCUT2D eigenvalue weighted by molar-refractivity contribution is 5.76. The molecule has 0 radical (unpaired) electrons. The standard InChI is InChI=1S/C14H20N2O2/c1-2-18-14(17)13-6-4-9-16(13)10-7-12-5-3-8-15-11-12/h3,5,8,11,13H,2,4,6-7,9-10H2,1H3. The molecular formula is C14H20N2O2. The predicted molar refractivity (Wildman–Crippen MR) is 69.2 cm³/mol. The molecule has 18 heavy (non-hydrogen) atoms. The SMILES string of the molecule is CCOC(=O)C1CCCN1CCc1cccnc1. The lowest BCUT2D eigenvalue weighted by Gasteiger charge is -2.22. The van der Waals surface area contributed by atoms with Crippen molar-refractivity contribution in [3.8, 4) is 0 Å². The fourth-order valence-corrected chi connectivity index (χ4v) is 2.42. The molecule has 1 aromatic heterocycles. The number of nitrogens with zero attached hydrogens (tertiary/aromatic N) is 2. The summed E-state index contributed by atoms with van der Waals surface area (Å²) >= 11 is 0. The second-order valence-corrected chi connectivity index (χ2v) is 4.56. The van der Waals surface area contributed by atoms with Crippen LogP contribution in [0.15, 0.2) is 24.5 Å². The second-order valence-electron chi connectivity index (χ2n) is 4.56. The van der Waals surface area contributed by atoms with Gasteiger partial charge in [0.25, 0.3) is 0 Å². The average molecular weight is 248 g/mol. The molecule has 0 spiro atoms. The number of esters is 1. The molecular weight excluding hydrogens is 228 g/mol. The third-order valence-corrected chi connectivity index (χ3v) is 3.33. The topological polar surface area (TPSA) is 42.4 Å². The fourth-order valence-electron chi connectivity index (χ4n) is 2.42. The molecule has 0 saturated carbocycles. The highest BCUT2D eigenvalue weighted by atomic mass is 16.5. The summed E-state index contributed by atoms with van der Waals surface area (Å²) in [5, 5.41) is 0. The van der Waals surface area contributed by atoms with Gasteiger partial charge < -0.3 is 4.74 Å². The molecule has 2 rings (SSSR count). The van der Waals surface area contributed by atoms with Crippen molar-refractivity contribution in [1.82, 2.24) is 9.88 Å². The third-order valence-electron chi connectivity index (χ3n) is 3.33. The number of aromatic nitrogens is 1. The lowest BCUT2D eigenvalue weighted by atomic mass is 10.2. The lowest BCUT2D eigenvalue weighted by Crippen LogP contribution is -2.38.